The van der Waals surface area contributed by atoms with Gasteiger partial charge >= 0.3 is 17.9 Å². The van der Waals surface area contributed by atoms with E-state index in [0.717, 1.165) is 100 Å². The summed E-state index contributed by atoms with van der Waals surface area (Å²) in [4.78, 5) is 71.9. The van der Waals surface area contributed by atoms with Crippen molar-refractivity contribution in [3.63, 3.8) is 0 Å². The second kappa shape index (κ2) is 19.9. The third-order valence-electron chi connectivity index (χ3n) is 17.9. The fourth-order valence-corrected chi connectivity index (χ4v) is 16.5. The van der Waals surface area contributed by atoms with Gasteiger partial charge in [0.05, 0.1) is 4.75 Å². The number of hydrogen-bond donors (Lipinski definition) is 9. The number of allylic oxidation sites excluding steroid dienone is 3. The number of amides is 2. The number of nitrogens with one attached hydrogen (secondary N) is 5. The lowest BCUT2D eigenvalue weighted by Gasteiger charge is -2.55. The van der Waals surface area contributed by atoms with E-state index in [9.17, 15) is 39.6 Å². The molecule has 1 aromatic heterocycles. The maximum atomic E-state index is 15.7. The number of fused-ring (bicyclic) bond motifs is 5. The van der Waals surface area contributed by atoms with Crippen LogP contribution < -0.4 is 26.6 Å². The molecule has 2 aromatic rings. The van der Waals surface area contributed by atoms with E-state index in [2.05, 4.69) is 92.3 Å². The van der Waals surface area contributed by atoms with Crippen LogP contribution in [0.15, 0.2) is 89.5 Å². The lowest BCUT2D eigenvalue weighted by molar-refractivity contribution is -0.164. The van der Waals surface area contributed by atoms with Crippen LogP contribution in [-0.2, 0) is 35.1 Å². The number of carboxylic acids is 2. The van der Waals surface area contributed by atoms with Crippen LogP contribution in [-0.4, -0.2) is 109 Å². The molecule has 384 valence electrons. The zero-order valence-electron chi connectivity index (χ0n) is 40.9. The fraction of sp³-hybridized carbons (Fsp3) is 0.564. The Balaban J connectivity index is 1.09. The van der Waals surface area contributed by atoms with Crippen molar-refractivity contribution in [1.29, 1.82) is 0 Å². The predicted octanol–water partition coefficient (Wildman–Crippen LogP) is 5.20. The van der Waals surface area contributed by atoms with Crippen LogP contribution in [0.2, 0.25) is 0 Å². The summed E-state index contributed by atoms with van der Waals surface area (Å²) in [5.41, 5.74) is 3.24. The Kier molecular flexibility index (Phi) is 13.9. The van der Waals surface area contributed by atoms with Crippen molar-refractivity contribution in [3.8, 4) is 0 Å². The number of aliphatic hydroxyl groups excluding tert-OH is 1. The first-order chi connectivity index (χ1) is 34.7. The molecule has 10 unspecified atom stereocenters. The molecule has 10 rings (SSSR count). The van der Waals surface area contributed by atoms with E-state index in [1.54, 1.807) is 7.05 Å². The molecular weight excluding hydrogens is 937 g/mol. The third-order valence-corrected chi connectivity index (χ3v) is 19.6. The average molecular weight is 1010 g/mol. The number of ether oxygens (including phenoxy) is 1. The molecular formula is C55H68N6O10S. The number of aromatic nitrogens is 1. The molecule has 2 saturated carbocycles. The van der Waals surface area contributed by atoms with Crippen molar-refractivity contribution in [3.05, 3.63) is 106 Å². The molecule has 2 spiro atoms. The van der Waals surface area contributed by atoms with E-state index in [4.69, 9.17) is 4.74 Å². The monoisotopic (exact) mass is 1000 g/mol. The quantitative estimate of drug-likeness (QED) is 0.0562. The lowest BCUT2D eigenvalue weighted by Crippen LogP contribution is -2.60. The number of piperidine rings is 1. The highest BCUT2D eigenvalue weighted by atomic mass is 32.2. The van der Waals surface area contributed by atoms with Crippen molar-refractivity contribution >= 4 is 47.6 Å². The van der Waals surface area contributed by atoms with Crippen LogP contribution >= 0.6 is 11.8 Å². The van der Waals surface area contributed by atoms with Crippen molar-refractivity contribution < 1.29 is 49.1 Å². The van der Waals surface area contributed by atoms with Crippen molar-refractivity contribution in [2.75, 3.05) is 26.0 Å². The Labute approximate surface area is 424 Å². The molecule has 10 atom stereocenters. The van der Waals surface area contributed by atoms with Crippen molar-refractivity contribution in [1.82, 2.24) is 31.6 Å². The van der Waals surface area contributed by atoms with Gasteiger partial charge in [0.15, 0.2) is 0 Å². The zero-order chi connectivity index (χ0) is 50.5. The normalized spacial score (nSPS) is 31.4. The van der Waals surface area contributed by atoms with Gasteiger partial charge in [-0.15, -0.1) is 11.8 Å². The van der Waals surface area contributed by atoms with Crippen LogP contribution in [0.3, 0.4) is 0 Å². The number of aliphatic hydroxyl groups is 2. The summed E-state index contributed by atoms with van der Waals surface area (Å²) >= 11 is 1.41. The fourth-order valence-electron chi connectivity index (χ4n) is 14.7. The Morgan fingerprint density at radius 1 is 0.944 bits per heavy atom. The molecule has 1 saturated heterocycles. The number of esters is 1. The number of pyridine rings is 1. The summed E-state index contributed by atoms with van der Waals surface area (Å²) in [6.07, 6.45) is 22.0. The van der Waals surface area contributed by atoms with Gasteiger partial charge in [-0.2, -0.15) is 0 Å². The molecule has 2 aliphatic heterocycles. The number of carbonyl (C=O) groups is 5. The van der Waals surface area contributed by atoms with Gasteiger partial charge in [-0.05, 0) is 135 Å². The SMILES string of the molecule is CNCNC(O)(CCC(=O)NC(CSC12C=CC3(CCCCCC14CCCC4)CC(Cc1ccncc1)=C(C14CCC5c6ccccc6C=CC(CCN1)C54)C1C(=O)OC2=C13)C(=O)NC(O)C(=O)O)C(=O)O. The van der Waals surface area contributed by atoms with E-state index >= 15 is 4.79 Å². The molecule has 0 radical (unpaired) electrons. The topological polar surface area (TPSA) is 249 Å². The first-order valence-corrected chi connectivity index (χ1v) is 27.0. The van der Waals surface area contributed by atoms with Crippen LogP contribution in [0.4, 0.5) is 0 Å². The summed E-state index contributed by atoms with van der Waals surface area (Å²) in [7, 11) is 1.56. The standard InChI is InChI=1S/C55H68N6O10S/c1-56-32-59-55(70,50(68)69)23-14-40(62)60-39(46(63)61-47(64)48(65)66)31-72-54-25-24-51(18-5-2-6-19-52(54)20-7-8-21-52)30-36(29-33-15-26-57-27-16-33)43(41-44(51)45(54)71-49(41)67)53-22-13-38-37-10-4-3-9-34(37)11-12-35(42(38)53)17-28-58-53/h3-4,9-12,15-16,24-27,35,38-39,41-42,47,56,58-59,64,70H,2,5-8,13-14,17-23,28-32H2,1H3,(H,60,62)(H,61,63)(H,65,66)(H,68,69). The third kappa shape index (κ3) is 8.64. The Hall–Kier alpha value is -5.17. The van der Waals surface area contributed by atoms with Gasteiger partial charge in [0, 0.05) is 48.6 Å². The number of carbonyl (C=O) groups excluding carboxylic acids is 3. The van der Waals surface area contributed by atoms with Crippen LogP contribution in [0.5, 0.6) is 0 Å². The Morgan fingerprint density at radius 3 is 2.44 bits per heavy atom. The van der Waals surface area contributed by atoms with E-state index in [0.29, 0.717) is 18.6 Å². The number of aliphatic carboxylic acids is 2. The van der Waals surface area contributed by atoms with Crippen molar-refractivity contribution in [2.24, 2.45) is 28.6 Å². The number of benzene rings is 1. The number of hydrogen-bond acceptors (Lipinski definition) is 13. The summed E-state index contributed by atoms with van der Waals surface area (Å²) in [5.74, 6) is -4.73. The number of rotatable bonds is 17. The van der Waals surface area contributed by atoms with Gasteiger partial charge in [-0.25, -0.2) is 9.59 Å². The minimum absolute atomic E-state index is 0.0740. The Morgan fingerprint density at radius 2 is 1.69 bits per heavy atom. The lowest BCUT2D eigenvalue weighted by atomic mass is 9.52. The van der Waals surface area contributed by atoms with Crippen LogP contribution in [0.1, 0.15) is 119 Å². The van der Waals surface area contributed by atoms with E-state index in [1.807, 2.05) is 12.4 Å². The van der Waals surface area contributed by atoms with E-state index < -0.39 is 81.6 Å². The smallest absolute Gasteiger partial charge is 0.353 e. The minimum atomic E-state index is -2.47. The highest BCUT2D eigenvalue weighted by Crippen LogP contribution is 2.71. The largest absolute Gasteiger partial charge is 0.478 e. The molecule has 17 heteroatoms. The first-order valence-electron chi connectivity index (χ1n) is 26.0. The zero-order valence-corrected chi connectivity index (χ0v) is 41.7. The molecule has 2 amide bonds. The Bertz CT molecular complexity index is 2620. The minimum Gasteiger partial charge on any atom is -0.478 e. The first kappa shape index (κ1) is 50.4. The van der Waals surface area contributed by atoms with Gasteiger partial charge < -0.3 is 46.4 Å². The number of nitrogens with zero attached hydrogens (tertiary/aromatic N) is 1. The summed E-state index contributed by atoms with van der Waals surface area (Å²) in [6.45, 7) is 0.728. The van der Waals surface area contributed by atoms with Gasteiger partial charge in [0.25, 0.3) is 0 Å². The molecule has 1 aromatic carbocycles. The predicted molar refractivity (Wildman–Crippen MR) is 269 cm³/mol. The van der Waals surface area contributed by atoms with Gasteiger partial charge in [0.1, 0.15) is 17.7 Å². The second-order valence-corrected chi connectivity index (χ2v) is 22.9. The van der Waals surface area contributed by atoms with Crippen LogP contribution in [0, 0.1) is 28.6 Å². The molecule has 16 nitrogen and oxygen atoms in total. The maximum Gasteiger partial charge on any atom is 0.353 e. The highest BCUT2D eigenvalue weighted by Gasteiger charge is 2.68. The van der Waals surface area contributed by atoms with E-state index in [-0.39, 0.29) is 36.1 Å². The molecule has 3 fully saturated rings. The molecule has 8 aliphatic rings. The second-order valence-electron chi connectivity index (χ2n) is 21.7. The number of carboxylic acid groups (broad SMARTS) is 2. The molecule has 9 N–H and O–H groups in total. The van der Waals surface area contributed by atoms with E-state index in [1.165, 1.54) is 28.5 Å². The van der Waals surface area contributed by atoms with Gasteiger partial charge in [0.2, 0.25) is 23.8 Å². The molecule has 3 heterocycles. The van der Waals surface area contributed by atoms with Gasteiger partial charge in [-0.3, -0.25) is 24.7 Å². The maximum absolute atomic E-state index is 15.7. The number of thioether (sulfide) groups is 1. The van der Waals surface area contributed by atoms with Crippen LogP contribution in [0.25, 0.3) is 6.08 Å². The van der Waals surface area contributed by atoms with Gasteiger partial charge in [-0.1, -0.05) is 86.2 Å². The highest BCUT2D eigenvalue weighted by molar-refractivity contribution is 8.01. The summed E-state index contributed by atoms with van der Waals surface area (Å²) < 4.78 is 6.06. The summed E-state index contributed by atoms with van der Waals surface area (Å²) in [6, 6.07) is 11.5. The molecule has 72 heavy (non-hydrogen) atoms. The average Bonchev–Trinajstić information content (AvgIpc) is 4.09. The summed E-state index contributed by atoms with van der Waals surface area (Å²) in [5, 5.41) is 54.9. The van der Waals surface area contributed by atoms with Crippen molar-refractivity contribution in [2.45, 2.75) is 137 Å². The molecule has 6 aliphatic carbocycles. The molecule has 2 bridgehead atoms.